The highest BCUT2D eigenvalue weighted by Gasteiger charge is 2.03. The van der Waals surface area contributed by atoms with E-state index in [2.05, 4.69) is 22.1 Å². The summed E-state index contributed by atoms with van der Waals surface area (Å²) >= 11 is 1.64. The molecule has 3 aromatic rings. The molecule has 2 aromatic heterocycles. The Labute approximate surface area is 103 Å². The smallest absolute Gasteiger partial charge is 0.137 e. The SMILES string of the molecule is COc1cncc(-c2ccc3ncsc3c2)c1. The Balaban J connectivity index is 2.12. The fourth-order valence-corrected chi connectivity index (χ4v) is 2.44. The number of hydrogen-bond donors (Lipinski definition) is 0. The Hall–Kier alpha value is -1.94. The van der Waals surface area contributed by atoms with E-state index in [1.54, 1.807) is 24.6 Å². The van der Waals surface area contributed by atoms with Crippen molar-refractivity contribution in [2.45, 2.75) is 0 Å². The van der Waals surface area contributed by atoms with E-state index in [1.165, 1.54) is 4.70 Å². The molecule has 0 amide bonds. The van der Waals surface area contributed by atoms with Crippen LogP contribution in [0.15, 0.2) is 42.2 Å². The lowest BCUT2D eigenvalue weighted by Gasteiger charge is -2.03. The van der Waals surface area contributed by atoms with Crippen LogP contribution in [0.2, 0.25) is 0 Å². The molecule has 0 N–H and O–H groups in total. The van der Waals surface area contributed by atoms with Crippen LogP contribution in [0.3, 0.4) is 0 Å². The third-order valence-electron chi connectivity index (χ3n) is 2.61. The highest BCUT2D eigenvalue weighted by molar-refractivity contribution is 7.16. The molecule has 0 spiro atoms. The molecule has 0 aliphatic rings. The van der Waals surface area contributed by atoms with Crippen molar-refractivity contribution in [1.82, 2.24) is 9.97 Å². The average Bonchev–Trinajstić information content (AvgIpc) is 2.86. The number of fused-ring (bicyclic) bond motifs is 1. The molecule has 0 bridgehead atoms. The maximum absolute atomic E-state index is 5.18. The van der Waals surface area contributed by atoms with Crippen LogP contribution in [-0.4, -0.2) is 17.1 Å². The van der Waals surface area contributed by atoms with Crippen molar-refractivity contribution in [2.75, 3.05) is 7.11 Å². The first kappa shape index (κ1) is 10.2. The van der Waals surface area contributed by atoms with E-state index in [-0.39, 0.29) is 0 Å². The number of nitrogens with zero attached hydrogens (tertiary/aromatic N) is 2. The summed E-state index contributed by atoms with van der Waals surface area (Å²) in [6, 6.07) is 8.19. The highest BCUT2D eigenvalue weighted by Crippen LogP contribution is 2.27. The summed E-state index contributed by atoms with van der Waals surface area (Å²) < 4.78 is 6.36. The van der Waals surface area contributed by atoms with E-state index >= 15 is 0 Å². The van der Waals surface area contributed by atoms with Gasteiger partial charge in [-0.05, 0) is 23.8 Å². The summed E-state index contributed by atoms with van der Waals surface area (Å²) in [6.45, 7) is 0. The molecule has 0 fully saturated rings. The predicted molar refractivity (Wildman–Crippen MR) is 69.4 cm³/mol. The van der Waals surface area contributed by atoms with Crippen LogP contribution in [0.25, 0.3) is 21.3 Å². The van der Waals surface area contributed by atoms with Gasteiger partial charge in [0, 0.05) is 11.8 Å². The monoisotopic (exact) mass is 242 g/mol. The standard InChI is InChI=1S/C13H10N2OS/c1-16-11-4-10(6-14-7-11)9-2-3-12-13(5-9)17-8-15-12/h2-8H,1H3. The van der Waals surface area contributed by atoms with Gasteiger partial charge in [0.1, 0.15) is 5.75 Å². The van der Waals surface area contributed by atoms with Crippen molar-refractivity contribution in [3.05, 3.63) is 42.2 Å². The van der Waals surface area contributed by atoms with E-state index < -0.39 is 0 Å². The van der Waals surface area contributed by atoms with E-state index in [0.717, 1.165) is 22.4 Å². The zero-order valence-electron chi connectivity index (χ0n) is 9.25. The van der Waals surface area contributed by atoms with Gasteiger partial charge < -0.3 is 4.74 Å². The zero-order chi connectivity index (χ0) is 11.7. The van der Waals surface area contributed by atoms with E-state index in [1.807, 2.05) is 23.8 Å². The van der Waals surface area contributed by atoms with Gasteiger partial charge in [-0.3, -0.25) is 4.98 Å². The van der Waals surface area contributed by atoms with Crippen molar-refractivity contribution < 1.29 is 4.74 Å². The normalized spacial score (nSPS) is 10.6. The van der Waals surface area contributed by atoms with Crippen molar-refractivity contribution in [1.29, 1.82) is 0 Å². The number of ether oxygens (including phenoxy) is 1. The first-order chi connectivity index (χ1) is 8.36. The van der Waals surface area contributed by atoms with Crippen molar-refractivity contribution in [3.63, 3.8) is 0 Å². The Bertz CT molecular complexity index is 663. The zero-order valence-corrected chi connectivity index (χ0v) is 10.1. The van der Waals surface area contributed by atoms with Gasteiger partial charge in [-0.1, -0.05) is 6.07 Å². The number of rotatable bonds is 2. The topological polar surface area (TPSA) is 35.0 Å². The van der Waals surface area contributed by atoms with Crippen molar-refractivity contribution in [3.8, 4) is 16.9 Å². The van der Waals surface area contributed by atoms with Crippen LogP contribution < -0.4 is 4.74 Å². The molecule has 0 radical (unpaired) electrons. The molecule has 0 saturated heterocycles. The van der Waals surface area contributed by atoms with E-state index in [0.29, 0.717) is 0 Å². The fraction of sp³-hybridized carbons (Fsp3) is 0.0769. The summed E-state index contributed by atoms with van der Waals surface area (Å²) in [5.74, 6) is 0.770. The molecule has 0 unspecified atom stereocenters. The summed E-state index contributed by atoms with van der Waals surface area (Å²) in [4.78, 5) is 8.43. The Morgan fingerprint density at radius 2 is 2.06 bits per heavy atom. The lowest BCUT2D eigenvalue weighted by Crippen LogP contribution is -1.86. The largest absolute Gasteiger partial charge is 0.495 e. The number of pyridine rings is 1. The second-order valence-electron chi connectivity index (χ2n) is 3.65. The predicted octanol–water partition coefficient (Wildman–Crippen LogP) is 3.37. The number of benzene rings is 1. The minimum absolute atomic E-state index is 0.770. The summed E-state index contributed by atoms with van der Waals surface area (Å²) in [6.07, 6.45) is 3.54. The van der Waals surface area contributed by atoms with Crippen LogP contribution in [0.5, 0.6) is 5.75 Å². The Kier molecular flexibility index (Phi) is 2.49. The fourth-order valence-electron chi connectivity index (χ4n) is 1.72. The first-order valence-corrected chi connectivity index (χ1v) is 6.07. The molecule has 3 nitrogen and oxygen atoms in total. The number of methoxy groups -OCH3 is 1. The van der Waals surface area contributed by atoms with Crippen molar-refractivity contribution >= 4 is 21.6 Å². The molecule has 84 valence electrons. The Morgan fingerprint density at radius 3 is 2.94 bits per heavy atom. The molecule has 0 aliphatic carbocycles. The van der Waals surface area contributed by atoms with Gasteiger partial charge in [0.15, 0.2) is 0 Å². The van der Waals surface area contributed by atoms with E-state index in [9.17, 15) is 0 Å². The molecular weight excluding hydrogens is 232 g/mol. The summed E-state index contributed by atoms with van der Waals surface area (Å²) in [7, 11) is 1.65. The third-order valence-corrected chi connectivity index (χ3v) is 3.41. The maximum atomic E-state index is 5.18. The quantitative estimate of drug-likeness (QED) is 0.691. The second kappa shape index (κ2) is 4.14. The van der Waals surface area contributed by atoms with Crippen LogP contribution in [0, 0.1) is 0 Å². The minimum atomic E-state index is 0.770. The summed E-state index contributed by atoms with van der Waals surface area (Å²) in [5.41, 5.74) is 5.08. The van der Waals surface area contributed by atoms with Gasteiger partial charge in [-0.15, -0.1) is 11.3 Å². The van der Waals surface area contributed by atoms with Gasteiger partial charge in [0.25, 0.3) is 0 Å². The molecule has 3 rings (SSSR count). The molecule has 4 heteroatoms. The number of hydrogen-bond acceptors (Lipinski definition) is 4. The highest BCUT2D eigenvalue weighted by atomic mass is 32.1. The maximum Gasteiger partial charge on any atom is 0.137 e. The molecule has 0 saturated carbocycles. The molecule has 1 aromatic carbocycles. The van der Waals surface area contributed by atoms with Crippen LogP contribution in [0.4, 0.5) is 0 Å². The van der Waals surface area contributed by atoms with Crippen molar-refractivity contribution in [2.24, 2.45) is 0 Å². The molecule has 0 atom stereocenters. The van der Waals surface area contributed by atoms with Crippen LogP contribution >= 0.6 is 11.3 Å². The van der Waals surface area contributed by atoms with Crippen LogP contribution in [0.1, 0.15) is 0 Å². The lowest BCUT2D eigenvalue weighted by atomic mass is 10.1. The lowest BCUT2D eigenvalue weighted by molar-refractivity contribution is 0.413. The van der Waals surface area contributed by atoms with E-state index in [4.69, 9.17) is 4.74 Å². The average molecular weight is 242 g/mol. The van der Waals surface area contributed by atoms with Gasteiger partial charge in [-0.25, -0.2) is 4.98 Å². The van der Waals surface area contributed by atoms with Gasteiger partial charge in [0.2, 0.25) is 0 Å². The van der Waals surface area contributed by atoms with Gasteiger partial charge >= 0.3 is 0 Å². The first-order valence-electron chi connectivity index (χ1n) is 5.19. The van der Waals surface area contributed by atoms with Gasteiger partial charge in [-0.2, -0.15) is 0 Å². The third kappa shape index (κ3) is 1.87. The number of thiazole rings is 1. The molecular formula is C13H10N2OS. The molecule has 0 aliphatic heterocycles. The Morgan fingerprint density at radius 1 is 1.12 bits per heavy atom. The molecule has 2 heterocycles. The van der Waals surface area contributed by atoms with Gasteiger partial charge in [0.05, 0.1) is 29.0 Å². The molecule has 17 heavy (non-hydrogen) atoms. The minimum Gasteiger partial charge on any atom is -0.495 e. The summed E-state index contributed by atoms with van der Waals surface area (Å²) in [5, 5.41) is 0. The van der Waals surface area contributed by atoms with Crippen LogP contribution in [-0.2, 0) is 0 Å². The number of aromatic nitrogens is 2. The second-order valence-corrected chi connectivity index (χ2v) is 4.53.